The SMILES string of the molecule is [C-]#CC(C)(C)N.[K+]. The van der Waals surface area contributed by atoms with Gasteiger partial charge in [0.25, 0.3) is 0 Å². The van der Waals surface area contributed by atoms with Gasteiger partial charge in [0.1, 0.15) is 0 Å². The molecule has 0 saturated heterocycles. The first-order valence-electron chi connectivity index (χ1n) is 1.79. The first kappa shape index (κ1) is 11.0. The second-order valence-electron chi connectivity index (χ2n) is 1.85. The molecule has 0 unspecified atom stereocenters. The van der Waals surface area contributed by atoms with Crippen LogP contribution in [-0.2, 0) is 0 Å². The van der Waals surface area contributed by atoms with Gasteiger partial charge in [-0.15, -0.1) is 0 Å². The number of hydrogen-bond donors (Lipinski definition) is 1. The van der Waals surface area contributed by atoms with Crippen LogP contribution in [0.15, 0.2) is 0 Å². The van der Waals surface area contributed by atoms with E-state index in [2.05, 4.69) is 5.92 Å². The van der Waals surface area contributed by atoms with Crippen LogP contribution in [0.4, 0.5) is 0 Å². The first-order chi connectivity index (χ1) is 2.56. The van der Waals surface area contributed by atoms with Gasteiger partial charge in [-0.25, -0.2) is 0 Å². The smallest absolute Gasteiger partial charge is 0.692 e. The van der Waals surface area contributed by atoms with Gasteiger partial charge in [0.2, 0.25) is 0 Å². The fourth-order valence-corrected chi connectivity index (χ4v) is 0. The zero-order chi connectivity index (χ0) is 5.21. The van der Waals surface area contributed by atoms with E-state index in [1.54, 1.807) is 13.8 Å². The molecule has 0 aliphatic rings. The quantitative estimate of drug-likeness (QED) is 0.211. The second kappa shape index (κ2) is 4.08. The Kier molecular flexibility index (Phi) is 6.42. The summed E-state index contributed by atoms with van der Waals surface area (Å²) < 4.78 is 0. The summed E-state index contributed by atoms with van der Waals surface area (Å²) in [5, 5.41) is 0. The molecule has 0 aromatic carbocycles. The molecule has 0 aliphatic carbocycles. The standard InChI is InChI=1S/C5H8N.K/c1-4-5(2,3)6;/h6H2,2-3H3;/q-1;+1. The molecule has 0 saturated carbocycles. The molecule has 0 spiro atoms. The maximum Gasteiger partial charge on any atom is 1.00 e. The molecule has 0 aliphatic heterocycles. The Bertz CT molecular complexity index is 75.1. The summed E-state index contributed by atoms with van der Waals surface area (Å²) in [7, 11) is 0. The van der Waals surface area contributed by atoms with Crippen molar-refractivity contribution >= 4 is 0 Å². The Labute approximate surface area is 87.5 Å². The third kappa shape index (κ3) is 11.0. The van der Waals surface area contributed by atoms with Crippen LogP contribution in [0.25, 0.3) is 0 Å². The summed E-state index contributed by atoms with van der Waals surface area (Å²) >= 11 is 0. The van der Waals surface area contributed by atoms with Crippen molar-refractivity contribution in [1.82, 2.24) is 0 Å². The average Bonchev–Trinajstić information content (AvgIpc) is 1.35. The van der Waals surface area contributed by atoms with Gasteiger partial charge in [-0.3, -0.25) is 0 Å². The van der Waals surface area contributed by atoms with Crippen LogP contribution in [0, 0.1) is 12.3 Å². The molecular weight excluding hydrogens is 113 g/mol. The largest absolute Gasteiger partial charge is 1.00 e. The van der Waals surface area contributed by atoms with Gasteiger partial charge in [0.15, 0.2) is 0 Å². The topological polar surface area (TPSA) is 26.0 Å². The van der Waals surface area contributed by atoms with Crippen molar-refractivity contribution in [1.29, 1.82) is 0 Å². The molecule has 0 aromatic heterocycles. The normalized spacial score (nSPS) is 8.86. The fourth-order valence-electron chi connectivity index (χ4n) is 0. The molecule has 0 fully saturated rings. The Morgan fingerprint density at radius 2 is 1.71 bits per heavy atom. The van der Waals surface area contributed by atoms with Crippen LogP contribution in [-0.4, -0.2) is 5.54 Å². The van der Waals surface area contributed by atoms with E-state index in [-0.39, 0.29) is 51.4 Å². The third-order valence-electron chi connectivity index (χ3n) is 0.322. The van der Waals surface area contributed by atoms with Crippen LogP contribution >= 0.6 is 0 Å². The third-order valence-corrected chi connectivity index (χ3v) is 0.322. The van der Waals surface area contributed by atoms with Gasteiger partial charge in [-0.1, -0.05) is 0 Å². The van der Waals surface area contributed by atoms with Crippen molar-refractivity contribution < 1.29 is 51.4 Å². The zero-order valence-electron chi connectivity index (χ0n) is 5.08. The van der Waals surface area contributed by atoms with Crippen LogP contribution < -0.4 is 57.1 Å². The minimum absolute atomic E-state index is 0. The molecule has 1 nitrogen and oxygen atoms in total. The zero-order valence-corrected chi connectivity index (χ0v) is 8.20. The Morgan fingerprint density at radius 1 is 1.57 bits per heavy atom. The van der Waals surface area contributed by atoms with Gasteiger partial charge in [0, 0.05) is 5.54 Å². The minimum Gasteiger partial charge on any atom is -0.692 e. The van der Waals surface area contributed by atoms with Crippen molar-refractivity contribution in [3.8, 4) is 5.92 Å². The van der Waals surface area contributed by atoms with Gasteiger partial charge >= 0.3 is 51.4 Å². The molecule has 0 bridgehead atoms. The van der Waals surface area contributed by atoms with E-state index in [4.69, 9.17) is 12.2 Å². The summed E-state index contributed by atoms with van der Waals surface area (Å²) in [5.74, 6) is 2.13. The fraction of sp³-hybridized carbons (Fsp3) is 0.600. The first-order valence-corrected chi connectivity index (χ1v) is 1.79. The summed E-state index contributed by atoms with van der Waals surface area (Å²) in [6.07, 6.45) is 6.48. The van der Waals surface area contributed by atoms with Crippen molar-refractivity contribution in [2.45, 2.75) is 19.4 Å². The van der Waals surface area contributed by atoms with E-state index >= 15 is 0 Å². The number of nitrogens with two attached hydrogens (primary N) is 1. The van der Waals surface area contributed by atoms with E-state index in [1.807, 2.05) is 0 Å². The molecule has 0 atom stereocenters. The van der Waals surface area contributed by atoms with E-state index in [1.165, 1.54) is 0 Å². The molecule has 0 heterocycles. The Hall–Kier alpha value is 1.16. The monoisotopic (exact) mass is 121 g/mol. The molecule has 0 aromatic rings. The molecule has 34 valence electrons. The van der Waals surface area contributed by atoms with Gasteiger partial charge in [0.05, 0.1) is 0 Å². The van der Waals surface area contributed by atoms with Crippen molar-refractivity contribution in [2.75, 3.05) is 0 Å². The maximum absolute atomic E-state index is 6.48. The number of rotatable bonds is 0. The second-order valence-corrected chi connectivity index (χ2v) is 1.85. The van der Waals surface area contributed by atoms with Crippen LogP contribution in [0.5, 0.6) is 0 Å². The predicted octanol–water partition coefficient (Wildman–Crippen LogP) is -2.68. The maximum atomic E-state index is 6.48. The Balaban J connectivity index is 0. The van der Waals surface area contributed by atoms with Crippen molar-refractivity contribution in [2.24, 2.45) is 5.73 Å². The molecule has 7 heavy (non-hydrogen) atoms. The van der Waals surface area contributed by atoms with Gasteiger partial charge in [-0.05, 0) is 13.8 Å². The van der Waals surface area contributed by atoms with E-state index in [0.717, 1.165) is 0 Å². The summed E-state index contributed by atoms with van der Waals surface area (Å²) in [4.78, 5) is 0. The molecule has 0 rings (SSSR count). The predicted molar refractivity (Wildman–Crippen MR) is 25.4 cm³/mol. The van der Waals surface area contributed by atoms with Crippen molar-refractivity contribution in [3.63, 3.8) is 0 Å². The molecule has 2 heteroatoms. The molecular formula is C5H8KN. The number of hydrogen-bond acceptors (Lipinski definition) is 1. The minimum atomic E-state index is -0.542. The Morgan fingerprint density at radius 3 is 1.71 bits per heavy atom. The van der Waals surface area contributed by atoms with Crippen LogP contribution in [0.2, 0.25) is 0 Å². The van der Waals surface area contributed by atoms with Crippen molar-refractivity contribution in [3.05, 3.63) is 6.42 Å². The summed E-state index contributed by atoms with van der Waals surface area (Å²) in [5.41, 5.74) is 4.69. The van der Waals surface area contributed by atoms with E-state index < -0.39 is 5.54 Å². The van der Waals surface area contributed by atoms with Crippen LogP contribution in [0.3, 0.4) is 0 Å². The molecule has 0 radical (unpaired) electrons. The van der Waals surface area contributed by atoms with Crippen LogP contribution in [0.1, 0.15) is 13.8 Å². The van der Waals surface area contributed by atoms with E-state index in [0.29, 0.717) is 0 Å². The summed E-state index contributed by atoms with van der Waals surface area (Å²) in [6.45, 7) is 3.44. The van der Waals surface area contributed by atoms with Gasteiger partial charge in [-0.2, -0.15) is 0 Å². The molecule has 2 N–H and O–H groups in total. The average molecular weight is 121 g/mol. The molecule has 0 amide bonds. The van der Waals surface area contributed by atoms with Gasteiger partial charge < -0.3 is 18.1 Å². The van der Waals surface area contributed by atoms with E-state index in [9.17, 15) is 0 Å². The summed E-state index contributed by atoms with van der Waals surface area (Å²) in [6, 6.07) is 0.